The Kier molecular flexibility index (Phi) is 10.5. The molecule has 2 aromatic heterocycles. The van der Waals surface area contributed by atoms with Crippen molar-refractivity contribution in [3.05, 3.63) is 131 Å². The van der Waals surface area contributed by atoms with Gasteiger partial charge in [-0.1, -0.05) is 48.5 Å². The Morgan fingerprint density at radius 1 is 0.643 bits per heavy atom. The Morgan fingerprint density at radius 3 is 1.54 bits per heavy atom. The van der Waals surface area contributed by atoms with E-state index in [1.54, 1.807) is 65.6 Å². The average molecular weight is 754 g/mol. The largest absolute Gasteiger partial charge is 0.506 e. The van der Waals surface area contributed by atoms with E-state index < -0.39 is 0 Å². The molecule has 2 aliphatic rings. The first-order chi connectivity index (χ1) is 27.0. The van der Waals surface area contributed by atoms with E-state index in [4.69, 9.17) is 4.74 Å². The van der Waals surface area contributed by atoms with Gasteiger partial charge in [0.25, 0.3) is 29.5 Å². The van der Waals surface area contributed by atoms with Gasteiger partial charge in [-0.25, -0.2) is 0 Å². The molecule has 56 heavy (non-hydrogen) atoms. The van der Waals surface area contributed by atoms with Gasteiger partial charge in [0.2, 0.25) is 0 Å². The number of aromatic hydroxyl groups is 1. The first kappa shape index (κ1) is 37.6. The fraction of sp³-hybridized carbons (Fsp3) is 0.250. The van der Waals surface area contributed by atoms with E-state index in [1.807, 2.05) is 64.4 Å². The molecular formula is C44H43N5O7. The lowest BCUT2D eigenvalue weighted by Crippen LogP contribution is -2.39. The van der Waals surface area contributed by atoms with Crippen molar-refractivity contribution in [3.8, 4) is 11.5 Å². The van der Waals surface area contributed by atoms with Gasteiger partial charge >= 0.3 is 0 Å². The maximum Gasteiger partial charge on any atom is 0.261 e. The second-order valence-electron chi connectivity index (χ2n) is 14.0. The maximum atomic E-state index is 12.8. The topological polar surface area (TPSA) is 156 Å². The van der Waals surface area contributed by atoms with E-state index in [-0.39, 0.29) is 54.0 Å². The summed E-state index contributed by atoms with van der Waals surface area (Å²) in [6.07, 6.45) is 4.72. The van der Waals surface area contributed by atoms with Gasteiger partial charge in [0.05, 0.1) is 33.3 Å². The number of nitrogens with one attached hydrogen (secondary N) is 2. The van der Waals surface area contributed by atoms with Gasteiger partial charge in [-0.3, -0.25) is 33.8 Å². The number of rotatable bonds is 11. The van der Waals surface area contributed by atoms with Gasteiger partial charge in [0, 0.05) is 48.3 Å². The number of hydrogen-bond acceptors (Lipinski definition) is 7. The molecule has 5 amide bonds. The summed E-state index contributed by atoms with van der Waals surface area (Å²) < 4.78 is 5.82. The molecule has 0 saturated carbocycles. The van der Waals surface area contributed by atoms with Crippen molar-refractivity contribution in [1.82, 2.24) is 24.7 Å². The second-order valence-corrected chi connectivity index (χ2v) is 14.0. The highest BCUT2D eigenvalue weighted by atomic mass is 16.5. The van der Waals surface area contributed by atoms with E-state index >= 15 is 0 Å². The van der Waals surface area contributed by atoms with Crippen molar-refractivity contribution in [2.75, 3.05) is 19.7 Å². The lowest BCUT2D eigenvalue weighted by Gasteiger charge is -2.22. The number of phenols is 1. The predicted octanol–water partition coefficient (Wildman–Crippen LogP) is 6.74. The first-order valence-electron chi connectivity index (χ1n) is 18.7. The van der Waals surface area contributed by atoms with Crippen LogP contribution in [0.15, 0.2) is 97.3 Å². The number of aromatic nitrogens is 2. The van der Waals surface area contributed by atoms with Crippen LogP contribution in [0.1, 0.15) is 80.3 Å². The van der Waals surface area contributed by atoms with Crippen LogP contribution >= 0.6 is 0 Å². The monoisotopic (exact) mass is 753 g/mol. The van der Waals surface area contributed by atoms with Gasteiger partial charge in [-0.15, -0.1) is 0 Å². The number of ether oxygens (including phenoxy) is 1. The van der Waals surface area contributed by atoms with E-state index in [9.17, 15) is 29.1 Å². The number of hydrogen-bond donors (Lipinski definition) is 3. The number of amides is 5. The van der Waals surface area contributed by atoms with E-state index in [1.165, 1.54) is 9.80 Å². The number of benzene rings is 4. The Balaban J connectivity index is 0.000000178. The van der Waals surface area contributed by atoms with Gasteiger partial charge in [0.1, 0.15) is 11.5 Å². The quantitative estimate of drug-likeness (QED) is 0.124. The van der Waals surface area contributed by atoms with E-state index in [0.717, 1.165) is 27.4 Å². The van der Waals surface area contributed by atoms with Crippen LogP contribution in [0.2, 0.25) is 0 Å². The molecular weight excluding hydrogens is 711 g/mol. The molecule has 2 atom stereocenters. The lowest BCUT2D eigenvalue weighted by atomic mass is 10.0. The van der Waals surface area contributed by atoms with E-state index in [2.05, 4.69) is 9.97 Å². The summed E-state index contributed by atoms with van der Waals surface area (Å²) in [5.41, 5.74) is 5.24. The molecule has 3 N–H and O–H groups in total. The summed E-state index contributed by atoms with van der Waals surface area (Å²) in [5.74, 6) is -0.266. The van der Waals surface area contributed by atoms with Crippen LogP contribution < -0.4 is 4.74 Å². The zero-order valence-corrected chi connectivity index (χ0v) is 31.7. The number of carbonyl (C=O) groups is 5. The van der Waals surface area contributed by atoms with Crippen molar-refractivity contribution >= 4 is 51.3 Å². The molecule has 8 rings (SSSR count). The molecule has 0 saturated heterocycles. The molecule has 0 bridgehead atoms. The molecule has 0 fully saturated rings. The number of para-hydroxylation sites is 2. The summed E-state index contributed by atoms with van der Waals surface area (Å²) in [6.45, 7) is 8.88. The molecule has 0 radical (unpaired) electrons. The van der Waals surface area contributed by atoms with Crippen molar-refractivity contribution < 1.29 is 33.8 Å². The normalized spacial score (nSPS) is 14.5. The average Bonchev–Trinajstić information content (AvgIpc) is 3.94. The maximum absolute atomic E-state index is 12.8. The van der Waals surface area contributed by atoms with Gasteiger partial charge in [0.15, 0.2) is 6.61 Å². The van der Waals surface area contributed by atoms with E-state index in [0.29, 0.717) is 59.5 Å². The SMILES string of the molecule is CCN(CC)C(=O)COc1cccc2c(C[C@@H](C)N3C(=O)c4ccccc4C3=O)c[nH]c12.C[C@H](Cc1c[nH]c2c(O)cccc12)N1C(=O)c2ccccc2C1=O. The molecule has 286 valence electrons. The van der Waals surface area contributed by atoms with Crippen molar-refractivity contribution in [2.24, 2.45) is 0 Å². The fourth-order valence-corrected chi connectivity index (χ4v) is 7.68. The van der Waals surface area contributed by atoms with Crippen LogP contribution in [0.25, 0.3) is 21.8 Å². The molecule has 2 aliphatic heterocycles. The lowest BCUT2D eigenvalue weighted by molar-refractivity contribution is -0.132. The third-order valence-electron chi connectivity index (χ3n) is 10.6. The highest BCUT2D eigenvalue weighted by molar-refractivity contribution is 6.22. The summed E-state index contributed by atoms with van der Waals surface area (Å²) in [5, 5.41) is 11.7. The molecule has 4 aromatic carbocycles. The third-order valence-corrected chi connectivity index (χ3v) is 10.6. The molecule has 0 spiro atoms. The Hall–Kier alpha value is -6.69. The first-order valence-corrected chi connectivity index (χ1v) is 18.7. The zero-order valence-electron chi connectivity index (χ0n) is 31.7. The Morgan fingerprint density at radius 2 is 1.07 bits per heavy atom. The summed E-state index contributed by atoms with van der Waals surface area (Å²) in [4.78, 5) is 73.7. The number of phenolic OH excluding ortho intramolecular Hbond substituents is 1. The molecule has 4 heterocycles. The predicted molar refractivity (Wildman–Crippen MR) is 212 cm³/mol. The summed E-state index contributed by atoms with van der Waals surface area (Å²) >= 11 is 0. The number of likely N-dealkylation sites (N-methyl/N-ethyl adjacent to an activating group) is 1. The van der Waals surface area contributed by atoms with Gasteiger partial charge in [-0.05, 0) is 88.1 Å². The van der Waals surface area contributed by atoms with Crippen molar-refractivity contribution in [3.63, 3.8) is 0 Å². The van der Waals surface area contributed by atoms with Crippen LogP contribution in [0.5, 0.6) is 11.5 Å². The number of fused-ring (bicyclic) bond motifs is 4. The minimum Gasteiger partial charge on any atom is -0.506 e. The highest BCUT2D eigenvalue weighted by Crippen LogP contribution is 2.32. The molecule has 12 nitrogen and oxygen atoms in total. The zero-order chi connectivity index (χ0) is 39.7. The minimum atomic E-state index is -0.310. The standard InChI is InChI=1S/C25H27N3O4.C19H16N2O3/c1-4-27(5-2)22(29)15-32-21-12-8-11-18-17(14-26-23(18)21)13-16(3)28-24(30)19-9-6-7-10-20(19)25(28)31;1-11(9-12-10-20-17-13(12)7-4-8-16(17)22)21-18(23)14-5-2-3-6-15(14)19(21)24/h6-12,14,16,26H,4-5,13,15H2,1-3H3;2-8,10-11,20,22H,9H2,1H3/t16-;11-/m11/s1. The van der Waals surface area contributed by atoms with Gasteiger partial charge < -0.3 is 24.7 Å². The summed E-state index contributed by atoms with van der Waals surface area (Å²) in [7, 11) is 0. The second kappa shape index (κ2) is 15.6. The smallest absolute Gasteiger partial charge is 0.261 e. The number of imide groups is 2. The molecule has 0 unspecified atom stereocenters. The number of H-pyrrole nitrogens is 2. The van der Waals surface area contributed by atoms with Crippen LogP contribution in [0, 0.1) is 0 Å². The molecule has 12 heteroatoms. The van der Waals surface area contributed by atoms with Crippen molar-refractivity contribution in [1.29, 1.82) is 0 Å². The third kappa shape index (κ3) is 6.78. The van der Waals surface area contributed by atoms with Crippen LogP contribution in [0.3, 0.4) is 0 Å². The van der Waals surface area contributed by atoms with Crippen molar-refractivity contribution in [2.45, 2.75) is 52.6 Å². The molecule has 6 aromatic rings. The number of carbonyl (C=O) groups excluding carboxylic acids is 5. The Labute approximate surface area is 323 Å². The number of aromatic amines is 2. The molecule has 0 aliphatic carbocycles. The summed E-state index contributed by atoms with van der Waals surface area (Å²) in [6, 6.07) is 24.2. The number of nitrogens with zero attached hydrogens (tertiary/aromatic N) is 3. The minimum absolute atomic E-state index is 0.0272. The van der Waals surface area contributed by atoms with Crippen LogP contribution in [-0.4, -0.2) is 91.1 Å². The highest BCUT2D eigenvalue weighted by Gasteiger charge is 2.39. The van der Waals surface area contributed by atoms with Crippen LogP contribution in [0.4, 0.5) is 0 Å². The van der Waals surface area contributed by atoms with Crippen LogP contribution in [-0.2, 0) is 17.6 Å². The van der Waals surface area contributed by atoms with Gasteiger partial charge in [-0.2, -0.15) is 0 Å². The fourth-order valence-electron chi connectivity index (χ4n) is 7.68. The Bertz CT molecular complexity index is 2430.